The topological polar surface area (TPSA) is 63.6 Å². The summed E-state index contributed by atoms with van der Waals surface area (Å²) in [5.74, 6) is -0.253. The summed E-state index contributed by atoms with van der Waals surface area (Å²) in [5.41, 5.74) is 3.58. The van der Waals surface area contributed by atoms with Gasteiger partial charge in [0.25, 0.3) is 0 Å². The normalized spacial score (nSPS) is 16.2. The molecular weight excluding hydrogens is 467 g/mol. The molecule has 0 atom stereocenters. The number of hydrogen-bond donors (Lipinski definition) is 1. The number of rotatable bonds is 5. The molecule has 2 heterocycles. The zero-order chi connectivity index (χ0) is 25.3. The SMILES string of the molecule is CCOc1cc2c(cc1C(F)(F)F)NC(=O)CC(c1cccc(-c3ccnc(C4CCCC4)c3)c1)=N2. The van der Waals surface area contributed by atoms with Gasteiger partial charge in [-0.3, -0.25) is 9.78 Å². The summed E-state index contributed by atoms with van der Waals surface area (Å²) in [6.45, 7) is 1.69. The molecule has 1 amide bonds. The molecule has 186 valence electrons. The van der Waals surface area contributed by atoms with Crippen molar-refractivity contribution in [1.29, 1.82) is 0 Å². The molecule has 1 aromatic heterocycles. The third-order valence-electron chi connectivity index (χ3n) is 6.64. The molecule has 1 fully saturated rings. The van der Waals surface area contributed by atoms with Gasteiger partial charge < -0.3 is 10.1 Å². The summed E-state index contributed by atoms with van der Waals surface area (Å²) in [6.07, 6.45) is 1.90. The quantitative estimate of drug-likeness (QED) is 0.406. The highest BCUT2D eigenvalue weighted by atomic mass is 19.4. The van der Waals surface area contributed by atoms with Gasteiger partial charge in [0.15, 0.2) is 0 Å². The number of anilines is 1. The van der Waals surface area contributed by atoms with Crippen LogP contribution in [0.15, 0.2) is 59.7 Å². The molecule has 1 saturated carbocycles. The van der Waals surface area contributed by atoms with Crippen LogP contribution in [0, 0.1) is 0 Å². The van der Waals surface area contributed by atoms with Crippen molar-refractivity contribution in [3.63, 3.8) is 0 Å². The highest BCUT2D eigenvalue weighted by Gasteiger charge is 2.36. The van der Waals surface area contributed by atoms with Crippen molar-refractivity contribution < 1.29 is 22.7 Å². The first-order valence-corrected chi connectivity index (χ1v) is 12.1. The maximum atomic E-state index is 13.6. The summed E-state index contributed by atoms with van der Waals surface area (Å²) in [6, 6.07) is 13.9. The number of alkyl halides is 3. The van der Waals surface area contributed by atoms with E-state index in [1.165, 1.54) is 18.9 Å². The second kappa shape index (κ2) is 9.76. The lowest BCUT2D eigenvalue weighted by molar-refractivity contribution is -0.138. The van der Waals surface area contributed by atoms with Crippen molar-refractivity contribution in [2.45, 2.75) is 51.1 Å². The number of nitrogens with one attached hydrogen (secondary N) is 1. The molecule has 36 heavy (non-hydrogen) atoms. The van der Waals surface area contributed by atoms with Crippen molar-refractivity contribution in [2.75, 3.05) is 11.9 Å². The second-order valence-corrected chi connectivity index (χ2v) is 9.11. The Hall–Kier alpha value is -3.68. The Bertz CT molecular complexity index is 1330. The molecule has 2 aromatic carbocycles. The van der Waals surface area contributed by atoms with E-state index in [-0.39, 0.29) is 30.2 Å². The van der Waals surface area contributed by atoms with Crippen LogP contribution in [0.5, 0.6) is 5.75 Å². The number of ether oxygens (including phenoxy) is 1. The third kappa shape index (κ3) is 4.98. The van der Waals surface area contributed by atoms with E-state index in [2.05, 4.69) is 21.4 Å². The monoisotopic (exact) mass is 493 g/mol. The Morgan fingerprint density at radius 2 is 1.78 bits per heavy atom. The zero-order valence-corrected chi connectivity index (χ0v) is 19.9. The van der Waals surface area contributed by atoms with Crippen LogP contribution < -0.4 is 10.1 Å². The number of halogens is 3. The molecule has 8 heteroatoms. The van der Waals surface area contributed by atoms with Crippen molar-refractivity contribution in [3.05, 3.63) is 71.5 Å². The number of carbonyl (C=O) groups is 1. The van der Waals surface area contributed by atoms with Gasteiger partial charge in [-0.25, -0.2) is 4.99 Å². The maximum Gasteiger partial charge on any atom is 0.420 e. The van der Waals surface area contributed by atoms with E-state index in [0.29, 0.717) is 11.6 Å². The lowest BCUT2D eigenvalue weighted by Crippen LogP contribution is -2.15. The predicted molar refractivity (Wildman–Crippen MR) is 133 cm³/mol. The standard InChI is InChI=1S/C28H26F3N3O2/c1-2-36-26-15-25-24(14-21(26)28(29,30)31)34-27(35)16-23(33-25)20-9-5-8-18(12-20)19-10-11-32-22(13-19)17-6-3-4-7-17/h5,8-15,17H,2-4,6-7,16H2,1H3,(H,34,35). The van der Waals surface area contributed by atoms with E-state index < -0.39 is 17.6 Å². The van der Waals surface area contributed by atoms with E-state index in [1.54, 1.807) is 6.92 Å². The smallest absolute Gasteiger partial charge is 0.420 e. The Morgan fingerprint density at radius 1 is 1.03 bits per heavy atom. The van der Waals surface area contributed by atoms with E-state index >= 15 is 0 Å². The van der Waals surface area contributed by atoms with Crippen molar-refractivity contribution >= 4 is 23.0 Å². The van der Waals surface area contributed by atoms with Crippen LogP contribution in [-0.2, 0) is 11.0 Å². The average molecular weight is 494 g/mol. The van der Waals surface area contributed by atoms with E-state index in [9.17, 15) is 18.0 Å². The van der Waals surface area contributed by atoms with Gasteiger partial charge >= 0.3 is 6.18 Å². The molecule has 2 aliphatic rings. The zero-order valence-electron chi connectivity index (χ0n) is 19.9. The fourth-order valence-corrected chi connectivity index (χ4v) is 4.91. The molecule has 5 nitrogen and oxygen atoms in total. The molecule has 5 rings (SSSR count). The first-order chi connectivity index (χ1) is 17.3. The molecule has 0 spiro atoms. The molecule has 0 radical (unpaired) electrons. The number of hydrogen-bond acceptors (Lipinski definition) is 4. The van der Waals surface area contributed by atoms with Crippen LogP contribution in [0.4, 0.5) is 24.5 Å². The van der Waals surface area contributed by atoms with Crippen LogP contribution in [0.25, 0.3) is 11.1 Å². The number of amides is 1. The Kier molecular flexibility index (Phi) is 6.51. The minimum absolute atomic E-state index is 0.0114. The summed E-state index contributed by atoms with van der Waals surface area (Å²) in [5, 5.41) is 2.57. The van der Waals surface area contributed by atoms with Crippen LogP contribution in [-0.4, -0.2) is 23.2 Å². The molecule has 0 unspecified atom stereocenters. The minimum Gasteiger partial charge on any atom is -0.493 e. The van der Waals surface area contributed by atoms with Gasteiger partial charge in [-0.05, 0) is 60.7 Å². The van der Waals surface area contributed by atoms with E-state index in [1.807, 2.05) is 36.5 Å². The lowest BCUT2D eigenvalue weighted by Gasteiger charge is -2.16. The predicted octanol–water partition coefficient (Wildman–Crippen LogP) is 7.29. The first-order valence-electron chi connectivity index (χ1n) is 12.1. The van der Waals surface area contributed by atoms with Gasteiger partial charge in [0.05, 0.1) is 35.7 Å². The van der Waals surface area contributed by atoms with Gasteiger partial charge in [0.2, 0.25) is 5.91 Å². The van der Waals surface area contributed by atoms with Crippen molar-refractivity contribution in [3.8, 4) is 16.9 Å². The van der Waals surface area contributed by atoms with E-state index in [0.717, 1.165) is 41.3 Å². The molecule has 1 aliphatic carbocycles. The molecule has 3 aromatic rings. The van der Waals surface area contributed by atoms with Gasteiger partial charge in [0, 0.05) is 23.9 Å². The van der Waals surface area contributed by atoms with Gasteiger partial charge in [-0.2, -0.15) is 13.2 Å². The number of nitrogens with zero attached hydrogens (tertiary/aromatic N) is 2. The fourth-order valence-electron chi connectivity index (χ4n) is 4.91. The second-order valence-electron chi connectivity index (χ2n) is 9.11. The van der Waals surface area contributed by atoms with Crippen LogP contribution in [0.1, 0.15) is 61.8 Å². The number of pyridine rings is 1. The number of carbonyl (C=O) groups excluding carboxylic acids is 1. The molecular formula is C28H26F3N3O2. The first kappa shape index (κ1) is 24.0. The minimum atomic E-state index is -4.63. The molecule has 1 aliphatic heterocycles. The van der Waals surface area contributed by atoms with Crippen molar-refractivity contribution in [1.82, 2.24) is 4.98 Å². The highest BCUT2D eigenvalue weighted by molar-refractivity contribution is 6.17. The lowest BCUT2D eigenvalue weighted by atomic mass is 9.97. The third-order valence-corrected chi connectivity index (χ3v) is 6.64. The number of aromatic nitrogens is 1. The average Bonchev–Trinajstić information content (AvgIpc) is 3.34. The molecule has 0 bridgehead atoms. The number of aliphatic imine (C=N–C) groups is 1. The Balaban J connectivity index is 1.54. The summed E-state index contributed by atoms with van der Waals surface area (Å²) < 4.78 is 46.0. The number of benzene rings is 2. The number of fused-ring (bicyclic) bond motifs is 1. The van der Waals surface area contributed by atoms with Gasteiger partial charge in [-0.1, -0.05) is 31.0 Å². The van der Waals surface area contributed by atoms with Crippen LogP contribution in [0.3, 0.4) is 0 Å². The van der Waals surface area contributed by atoms with Crippen LogP contribution in [0.2, 0.25) is 0 Å². The van der Waals surface area contributed by atoms with Gasteiger partial charge in [-0.15, -0.1) is 0 Å². The summed E-state index contributed by atoms with van der Waals surface area (Å²) in [7, 11) is 0. The molecule has 0 saturated heterocycles. The van der Waals surface area contributed by atoms with Crippen molar-refractivity contribution in [2.24, 2.45) is 4.99 Å². The Morgan fingerprint density at radius 3 is 2.53 bits per heavy atom. The Labute approximate surface area is 207 Å². The molecule has 1 N–H and O–H groups in total. The van der Waals surface area contributed by atoms with Crippen LogP contribution >= 0.6 is 0 Å². The van der Waals surface area contributed by atoms with E-state index in [4.69, 9.17) is 4.74 Å². The highest BCUT2D eigenvalue weighted by Crippen LogP contribution is 2.43. The summed E-state index contributed by atoms with van der Waals surface area (Å²) in [4.78, 5) is 21.8. The fraction of sp³-hybridized carbons (Fsp3) is 0.321. The summed E-state index contributed by atoms with van der Waals surface area (Å²) >= 11 is 0. The maximum absolute atomic E-state index is 13.6. The van der Waals surface area contributed by atoms with Gasteiger partial charge in [0.1, 0.15) is 5.75 Å². The largest absolute Gasteiger partial charge is 0.493 e.